The molecule has 1 rings (SSSR count). The van der Waals surface area contributed by atoms with Crippen LogP contribution in [-0.2, 0) is 0 Å². The van der Waals surface area contributed by atoms with E-state index >= 15 is 0 Å². The number of nitrogens with one attached hydrogen (secondary N) is 2. The highest BCUT2D eigenvalue weighted by molar-refractivity contribution is 5.95. The zero-order chi connectivity index (χ0) is 15.8. The van der Waals surface area contributed by atoms with Gasteiger partial charge in [0, 0.05) is 30.6 Å². The predicted octanol–water partition coefficient (Wildman–Crippen LogP) is 2.56. The Balaban J connectivity index is 3.12. The van der Waals surface area contributed by atoms with Crippen molar-refractivity contribution in [2.75, 3.05) is 11.9 Å². The maximum absolute atomic E-state index is 11.8. The summed E-state index contributed by atoms with van der Waals surface area (Å²) < 4.78 is 0. The molecule has 0 spiro atoms. The van der Waals surface area contributed by atoms with Crippen LogP contribution in [0.2, 0.25) is 0 Å². The van der Waals surface area contributed by atoms with Gasteiger partial charge in [-0.05, 0) is 25.5 Å². The predicted molar refractivity (Wildman–Crippen MR) is 82.3 cm³/mol. The van der Waals surface area contributed by atoms with Crippen molar-refractivity contribution >= 4 is 17.3 Å². The van der Waals surface area contributed by atoms with E-state index in [9.17, 15) is 14.9 Å². The molecule has 0 heterocycles. The van der Waals surface area contributed by atoms with E-state index in [1.165, 1.54) is 18.2 Å². The molecule has 1 aromatic rings. The summed E-state index contributed by atoms with van der Waals surface area (Å²) in [5, 5.41) is 16.8. The second-order valence-corrected chi connectivity index (χ2v) is 4.51. The smallest absolute Gasteiger partial charge is 0.292 e. The first-order valence-corrected chi connectivity index (χ1v) is 6.80. The Morgan fingerprint density at radius 3 is 2.71 bits per heavy atom. The molecule has 0 fully saturated rings. The molecule has 0 saturated carbocycles. The minimum absolute atomic E-state index is 0.0708. The minimum atomic E-state index is -0.480. The molecule has 112 valence electrons. The SMILES string of the molecule is C#CCC(CC)Nc1cc(C(=O)NCC)ccc1[N+](=O)[O-]. The van der Waals surface area contributed by atoms with Gasteiger partial charge in [0.25, 0.3) is 11.6 Å². The molecule has 0 bridgehead atoms. The van der Waals surface area contributed by atoms with E-state index in [0.29, 0.717) is 24.2 Å². The fraction of sp³-hybridized carbons (Fsp3) is 0.400. The zero-order valence-corrected chi connectivity index (χ0v) is 12.2. The van der Waals surface area contributed by atoms with Crippen molar-refractivity contribution in [3.63, 3.8) is 0 Å². The van der Waals surface area contributed by atoms with Gasteiger partial charge >= 0.3 is 0 Å². The number of hydrogen-bond donors (Lipinski definition) is 2. The number of nitrogens with zero attached hydrogens (tertiary/aromatic N) is 1. The number of amides is 1. The second kappa shape index (κ2) is 7.90. The quantitative estimate of drug-likeness (QED) is 0.459. The van der Waals surface area contributed by atoms with Crippen LogP contribution in [0.4, 0.5) is 11.4 Å². The van der Waals surface area contributed by atoms with Crippen LogP contribution in [0.5, 0.6) is 0 Å². The Labute approximate surface area is 124 Å². The van der Waals surface area contributed by atoms with Gasteiger partial charge in [-0.1, -0.05) is 6.92 Å². The second-order valence-electron chi connectivity index (χ2n) is 4.51. The molecule has 6 heteroatoms. The number of benzene rings is 1. The zero-order valence-electron chi connectivity index (χ0n) is 12.2. The van der Waals surface area contributed by atoms with Crippen LogP contribution in [0.25, 0.3) is 0 Å². The summed E-state index contributed by atoms with van der Waals surface area (Å²) in [6, 6.07) is 4.19. The summed E-state index contributed by atoms with van der Waals surface area (Å²) in [6.45, 7) is 4.24. The molecule has 0 aromatic heterocycles. The Hall–Kier alpha value is -2.55. The number of nitro groups is 1. The maximum atomic E-state index is 11.8. The number of rotatable bonds is 7. The van der Waals surface area contributed by atoms with Crippen LogP contribution in [0, 0.1) is 22.5 Å². The highest BCUT2D eigenvalue weighted by atomic mass is 16.6. The summed E-state index contributed by atoms with van der Waals surface area (Å²) in [7, 11) is 0. The van der Waals surface area contributed by atoms with Gasteiger partial charge < -0.3 is 10.6 Å². The molecule has 1 unspecified atom stereocenters. The Morgan fingerprint density at radius 2 is 2.19 bits per heavy atom. The van der Waals surface area contributed by atoms with Crippen LogP contribution in [-0.4, -0.2) is 23.4 Å². The summed E-state index contributed by atoms with van der Waals surface area (Å²) in [5.74, 6) is 2.27. The van der Waals surface area contributed by atoms with Crippen LogP contribution >= 0.6 is 0 Å². The summed E-state index contributed by atoms with van der Waals surface area (Å²) in [4.78, 5) is 22.4. The first kappa shape index (κ1) is 16.5. The lowest BCUT2D eigenvalue weighted by molar-refractivity contribution is -0.384. The first-order chi connectivity index (χ1) is 10.0. The fourth-order valence-electron chi connectivity index (χ4n) is 1.87. The highest BCUT2D eigenvalue weighted by Crippen LogP contribution is 2.27. The van der Waals surface area contributed by atoms with Crippen molar-refractivity contribution in [1.29, 1.82) is 0 Å². The first-order valence-electron chi connectivity index (χ1n) is 6.80. The average Bonchev–Trinajstić information content (AvgIpc) is 2.46. The minimum Gasteiger partial charge on any atom is -0.376 e. The molecule has 1 aromatic carbocycles. The normalized spacial score (nSPS) is 11.3. The third kappa shape index (κ3) is 4.49. The monoisotopic (exact) mass is 289 g/mol. The number of nitro benzene ring substituents is 1. The van der Waals surface area contributed by atoms with Gasteiger partial charge in [-0.3, -0.25) is 14.9 Å². The van der Waals surface area contributed by atoms with Crippen LogP contribution in [0.15, 0.2) is 18.2 Å². The van der Waals surface area contributed by atoms with E-state index in [1.54, 1.807) is 0 Å². The van der Waals surface area contributed by atoms with Crippen molar-refractivity contribution in [1.82, 2.24) is 5.32 Å². The van der Waals surface area contributed by atoms with Crippen molar-refractivity contribution in [2.45, 2.75) is 32.7 Å². The molecule has 0 radical (unpaired) electrons. The van der Waals surface area contributed by atoms with Crippen molar-refractivity contribution in [3.05, 3.63) is 33.9 Å². The average molecular weight is 289 g/mol. The van der Waals surface area contributed by atoms with E-state index < -0.39 is 4.92 Å². The van der Waals surface area contributed by atoms with Crippen molar-refractivity contribution in [3.8, 4) is 12.3 Å². The number of hydrogen-bond acceptors (Lipinski definition) is 4. The third-order valence-electron chi connectivity index (χ3n) is 3.01. The van der Waals surface area contributed by atoms with Gasteiger partial charge in [-0.25, -0.2) is 0 Å². The van der Waals surface area contributed by atoms with E-state index in [1.807, 2.05) is 13.8 Å². The molecule has 2 N–H and O–H groups in total. The lowest BCUT2D eigenvalue weighted by Gasteiger charge is -2.16. The van der Waals surface area contributed by atoms with Crippen LogP contribution in [0.3, 0.4) is 0 Å². The van der Waals surface area contributed by atoms with E-state index in [0.717, 1.165) is 6.42 Å². The number of carbonyl (C=O) groups excluding carboxylic acids is 1. The molecule has 0 aliphatic carbocycles. The van der Waals surface area contributed by atoms with Gasteiger partial charge in [-0.2, -0.15) is 0 Å². The molecule has 0 saturated heterocycles. The Bertz CT molecular complexity index is 564. The van der Waals surface area contributed by atoms with Crippen molar-refractivity contribution < 1.29 is 9.72 Å². The Kier molecular flexibility index (Phi) is 6.21. The van der Waals surface area contributed by atoms with Gasteiger partial charge in [0.2, 0.25) is 0 Å². The van der Waals surface area contributed by atoms with Gasteiger partial charge in [0.15, 0.2) is 0 Å². The van der Waals surface area contributed by atoms with Crippen molar-refractivity contribution in [2.24, 2.45) is 0 Å². The highest BCUT2D eigenvalue weighted by Gasteiger charge is 2.18. The molecular formula is C15H19N3O3. The van der Waals surface area contributed by atoms with Crippen LogP contribution < -0.4 is 10.6 Å². The Morgan fingerprint density at radius 1 is 1.48 bits per heavy atom. The molecular weight excluding hydrogens is 270 g/mol. The molecule has 1 amide bonds. The molecule has 6 nitrogen and oxygen atoms in total. The lowest BCUT2D eigenvalue weighted by Crippen LogP contribution is -2.23. The number of terminal acetylenes is 1. The fourth-order valence-corrected chi connectivity index (χ4v) is 1.87. The number of carbonyl (C=O) groups is 1. The van der Waals surface area contributed by atoms with E-state index in [2.05, 4.69) is 16.6 Å². The van der Waals surface area contributed by atoms with E-state index in [4.69, 9.17) is 6.42 Å². The van der Waals surface area contributed by atoms with Gasteiger partial charge in [-0.15, -0.1) is 12.3 Å². The largest absolute Gasteiger partial charge is 0.376 e. The summed E-state index contributed by atoms with van der Waals surface area (Å²) in [5.41, 5.74) is 0.616. The van der Waals surface area contributed by atoms with E-state index in [-0.39, 0.29) is 17.6 Å². The van der Waals surface area contributed by atoms with Gasteiger partial charge in [0.1, 0.15) is 5.69 Å². The molecule has 0 aliphatic heterocycles. The lowest BCUT2D eigenvalue weighted by atomic mass is 10.1. The standard InChI is InChI=1S/C15H19N3O3/c1-4-7-12(5-2)17-13-10-11(15(19)16-6-3)8-9-14(13)18(20)21/h1,8-10,12,17H,5-7H2,2-3H3,(H,16,19). The summed E-state index contributed by atoms with van der Waals surface area (Å²) >= 11 is 0. The maximum Gasteiger partial charge on any atom is 0.292 e. The van der Waals surface area contributed by atoms with Gasteiger partial charge in [0.05, 0.1) is 4.92 Å². The topological polar surface area (TPSA) is 84.3 Å². The number of anilines is 1. The summed E-state index contributed by atoms with van der Waals surface area (Å²) in [6.07, 6.45) is 6.47. The molecule has 21 heavy (non-hydrogen) atoms. The molecule has 1 atom stereocenters. The third-order valence-corrected chi connectivity index (χ3v) is 3.01. The van der Waals surface area contributed by atoms with Crippen LogP contribution in [0.1, 0.15) is 37.0 Å². The molecule has 0 aliphatic rings.